The van der Waals surface area contributed by atoms with E-state index in [4.69, 9.17) is 18.9 Å². The van der Waals surface area contributed by atoms with Crippen molar-refractivity contribution in [3.8, 4) is 23.0 Å². The fraction of sp³-hybridized carbons (Fsp3) is 0.250. The minimum atomic E-state index is -0.312. The van der Waals surface area contributed by atoms with Crippen LogP contribution in [-0.2, 0) is 11.3 Å². The zero-order valence-electron chi connectivity index (χ0n) is 18.6. The highest BCUT2D eigenvalue weighted by atomic mass is 16.5. The third-order valence-corrected chi connectivity index (χ3v) is 4.70. The van der Waals surface area contributed by atoms with Gasteiger partial charge in [0.25, 0.3) is 5.91 Å². The largest absolute Gasteiger partial charge is 0.497 e. The fourth-order valence-electron chi connectivity index (χ4n) is 3.13. The van der Waals surface area contributed by atoms with Crippen LogP contribution in [-0.4, -0.2) is 43.6 Å². The Morgan fingerprint density at radius 2 is 1.81 bits per heavy atom. The van der Waals surface area contributed by atoms with Gasteiger partial charge in [0, 0.05) is 17.7 Å². The number of carbonyl (C=O) groups is 1. The Kier molecular flexibility index (Phi) is 7.75. The van der Waals surface area contributed by atoms with E-state index in [1.54, 1.807) is 50.4 Å². The average Bonchev–Trinajstić information content (AvgIpc) is 3.24. The molecule has 2 aromatic carbocycles. The Balaban J connectivity index is 1.65. The smallest absolute Gasteiger partial charge is 0.263 e. The maximum atomic E-state index is 12.5. The summed E-state index contributed by atoms with van der Waals surface area (Å²) >= 11 is 0. The number of rotatable bonds is 10. The lowest BCUT2D eigenvalue weighted by molar-refractivity contribution is -0.118. The van der Waals surface area contributed by atoms with Crippen molar-refractivity contribution in [2.75, 3.05) is 33.3 Å². The summed E-state index contributed by atoms with van der Waals surface area (Å²) in [5, 5.41) is 7.13. The summed E-state index contributed by atoms with van der Waals surface area (Å²) in [6.07, 6.45) is 5.51. The van der Waals surface area contributed by atoms with Crippen molar-refractivity contribution in [2.24, 2.45) is 0 Å². The number of ether oxygens (including phenoxy) is 4. The second-order valence-electron chi connectivity index (χ2n) is 6.80. The number of amides is 1. The Bertz CT molecular complexity index is 1090. The van der Waals surface area contributed by atoms with Crippen molar-refractivity contribution >= 4 is 17.8 Å². The summed E-state index contributed by atoms with van der Waals surface area (Å²) in [5.41, 5.74) is 1.88. The lowest BCUT2D eigenvalue weighted by Gasteiger charge is -2.14. The van der Waals surface area contributed by atoms with Crippen LogP contribution in [0.2, 0.25) is 0 Å². The van der Waals surface area contributed by atoms with E-state index in [1.807, 2.05) is 43.3 Å². The fourth-order valence-corrected chi connectivity index (χ4v) is 3.13. The number of hydrogen-bond donors (Lipinski definition) is 1. The SMILES string of the molecule is C/C=C/c1ccc(OCC(=O)Nc2ccnn2Cc2ccc(OC)cc2OC)c(OC)c1. The molecule has 0 saturated carbocycles. The molecular formula is C24H27N3O5. The molecule has 3 aromatic rings. The minimum Gasteiger partial charge on any atom is -0.497 e. The number of anilines is 1. The van der Waals surface area contributed by atoms with Crippen LogP contribution in [0.25, 0.3) is 6.08 Å². The van der Waals surface area contributed by atoms with Crippen molar-refractivity contribution in [2.45, 2.75) is 13.5 Å². The Morgan fingerprint density at radius 3 is 2.53 bits per heavy atom. The number of hydrogen-bond acceptors (Lipinski definition) is 6. The first-order valence-corrected chi connectivity index (χ1v) is 10.0. The summed E-state index contributed by atoms with van der Waals surface area (Å²) < 4.78 is 23.4. The molecule has 1 amide bonds. The van der Waals surface area contributed by atoms with Gasteiger partial charge in [0.2, 0.25) is 0 Å². The van der Waals surface area contributed by atoms with Crippen LogP contribution in [0.1, 0.15) is 18.1 Å². The minimum absolute atomic E-state index is 0.170. The van der Waals surface area contributed by atoms with Gasteiger partial charge in [0.05, 0.1) is 34.1 Å². The molecule has 0 atom stereocenters. The van der Waals surface area contributed by atoms with E-state index in [9.17, 15) is 4.79 Å². The highest BCUT2D eigenvalue weighted by Gasteiger charge is 2.13. The summed E-state index contributed by atoms with van der Waals surface area (Å²) in [4.78, 5) is 12.5. The molecule has 0 bridgehead atoms. The predicted molar refractivity (Wildman–Crippen MR) is 123 cm³/mol. The zero-order chi connectivity index (χ0) is 22.9. The van der Waals surface area contributed by atoms with Crippen molar-refractivity contribution < 1.29 is 23.7 Å². The van der Waals surface area contributed by atoms with Crippen LogP contribution >= 0.6 is 0 Å². The van der Waals surface area contributed by atoms with Gasteiger partial charge in [-0.05, 0) is 36.8 Å². The van der Waals surface area contributed by atoms with E-state index >= 15 is 0 Å². The molecule has 0 spiro atoms. The quantitative estimate of drug-likeness (QED) is 0.516. The molecule has 0 saturated heterocycles. The Morgan fingerprint density at radius 1 is 1.00 bits per heavy atom. The van der Waals surface area contributed by atoms with E-state index in [-0.39, 0.29) is 12.5 Å². The molecule has 1 aromatic heterocycles. The number of nitrogens with zero attached hydrogens (tertiary/aromatic N) is 2. The predicted octanol–water partition coefficient (Wildman–Crippen LogP) is 4.01. The average molecular weight is 437 g/mol. The molecule has 0 fully saturated rings. The van der Waals surface area contributed by atoms with Gasteiger partial charge in [0.1, 0.15) is 17.3 Å². The second kappa shape index (κ2) is 10.9. The summed E-state index contributed by atoms with van der Waals surface area (Å²) in [5.74, 6) is 2.66. The first-order valence-electron chi connectivity index (χ1n) is 10.0. The highest BCUT2D eigenvalue weighted by Crippen LogP contribution is 2.29. The van der Waals surface area contributed by atoms with E-state index in [2.05, 4.69) is 10.4 Å². The molecule has 1 heterocycles. The third-order valence-electron chi connectivity index (χ3n) is 4.70. The van der Waals surface area contributed by atoms with Gasteiger partial charge in [-0.25, -0.2) is 4.68 Å². The van der Waals surface area contributed by atoms with Gasteiger partial charge >= 0.3 is 0 Å². The molecule has 8 nitrogen and oxygen atoms in total. The van der Waals surface area contributed by atoms with Crippen LogP contribution in [0.15, 0.2) is 54.7 Å². The summed E-state index contributed by atoms with van der Waals surface area (Å²) in [6, 6.07) is 12.8. The maximum Gasteiger partial charge on any atom is 0.263 e. The van der Waals surface area contributed by atoms with Crippen molar-refractivity contribution in [3.05, 3.63) is 65.9 Å². The third kappa shape index (κ3) is 5.60. The van der Waals surface area contributed by atoms with Crippen LogP contribution in [0.3, 0.4) is 0 Å². The molecule has 0 aliphatic heterocycles. The number of aromatic nitrogens is 2. The number of allylic oxidation sites excluding steroid dienone is 1. The molecule has 0 aliphatic carbocycles. The van der Waals surface area contributed by atoms with E-state index in [0.29, 0.717) is 35.4 Å². The number of carbonyl (C=O) groups excluding carboxylic acids is 1. The van der Waals surface area contributed by atoms with Crippen molar-refractivity contribution in [1.29, 1.82) is 0 Å². The molecule has 0 radical (unpaired) electrons. The topological polar surface area (TPSA) is 83.8 Å². The first-order chi connectivity index (χ1) is 15.6. The second-order valence-corrected chi connectivity index (χ2v) is 6.80. The highest BCUT2D eigenvalue weighted by molar-refractivity contribution is 5.91. The summed E-state index contributed by atoms with van der Waals surface area (Å²) in [7, 11) is 4.76. The standard InChI is InChI=1S/C24H27N3O5/c1-5-6-17-7-10-20(22(13-17)31-4)32-16-24(28)26-23-11-12-25-27(23)15-18-8-9-19(29-2)14-21(18)30-3/h5-14H,15-16H2,1-4H3,(H,26,28)/b6-5+. The van der Waals surface area contributed by atoms with Crippen LogP contribution in [0.4, 0.5) is 5.82 Å². The zero-order valence-corrected chi connectivity index (χ0v) is 18.6. The molecule has 1 N–H and O–H groups in total. The van der Waals surface area contributed by atoms with E-state index < -0.39 is 0 Å². The maximum absolute atomic E-state index is 12.5. The molecule has 8 heteroatoms. The molecule has 32 heavy (non-hydrogen) atoms. The number of benzene rings is 2. The van der Waals surface area contributed by atoms with Crippen LogP contribution in [0, 0.1) is 0 Å². The lowest BCUT2D eigenvalue weighted by atomic mass is 10.2. The molecule has 0 aliphatic rings. The van der Waals surface area contributed by atoms with E-state index in [0.717, 1.165) is 11.1 Å². The number of nitrogens with one attached hydrogen (secondary N) is 1. The Hall–Kier alpha value is -3.94. The van der Waals surface area contributed by atoms with Gasteiger partial charge in [-0.1, -0.05) is 18.2 Å². The molecule has 168 valence electrons. The van der Waals surface area contributed by atoms with Gasteiger partial charge in [-0.15, -0.1) is 0 Å². The van der Waals surface area contributed by atoms with Gasteiger partial charge in [-0.2, -0.15) is 5.10 Å². The van der Waals surface area contributed by atoms with E-state index in [1.165, 1.54) is 0 Å². The molecule has 0 unspecified atom stereocenters. The molecule has 3 rings (SSSR count). The van der Waals surface area contributed by atoms with Crippen molar-refractivity contribution in [1.82, 2.24) is 9.78 Å². The summed E-state index contributed by atoms with van der Waals surface area (Å²) in [6.45, 7) is 2.18. The number of methoxy groups -OCH3 is 3. The van der Waals surface area contributed by atoms with Crippen LogP contribution in [0.5, 0.6) is 23.0 Å². The van der Waals surface area contributed by atoms with Gasteiger partial charge < -0.3 is 24.3 Å². The van der Waals surface area contributed by atoms with Gasteiger partial charge in [0.15, 0.2) is 18.1 Å². The monoisotopic (exact) mass is 437 g/mol. The molecular weight excluding hydrogens is 410 g/mol. The van der Waals surface area contributed by atoms with Gasteiger partial charge in [-0.3, -0.25) is 4.79 Å². The normalized spacial score (nSPS) is 10.8. The Labute approximate surface area is 187 Å². The van der Waals surface area contributed by atoms with Crippen molar-refractivity contribution in [3.63, 3.8) is 0 Å². The van der Waals surface area contributed by atoms with Crippen LogP contribution < -0.4 is 24.3 Å². The lowest BCUT2D eigenvalue weighted by Crippen LogP contribution is -2.22. The first kappa shape index (κ1) is 22.7.